The molecule has 1 aliphatic rings. The van der Waals surface area contributed by atoms with Crippen molar-refractivity contribution >= 4 is 27.5 Å². The van der Waals surface area contributed by atoms with Gasteiger partial charge in [0, 0.05) is 17.6 Å². The second kappa shape index (κ2) is 10.4. The lowest BCUT2D eigenvalue weighted by molar-refractivity contribution is 0.267. The van der Waals surface area contributed by atoms with Crippen LogP contribution in [-0.4, -0.2) is 12.6 Å². The predicted octanol–water partition coefficient (Wildman–Crippen LogP) is 6.50. The lowest BCUT2D eigenvalue weighted by Gasteiger charge is -2.23. The van der Waals surface area contributed by atoms with Crippen LogP contribution in [-0.2, 0) is 13.2 Å². The van der Waals surface area contributed by atoms with Crippen LogP contribution in [0.4, 0.5) is 0 Å². The number of halogens is 2. The number of ether oxygens (including phenoxy) is 2. The molecule has 0 saturated heterocycles. The number of hydrogen-bond acceptors (Lipinski definition) is 3. The summed E-state index contributed by atoms with van der Waals surface area (Å²) < 4.78 is 12.8. The molecule has 2 aromatic rings. The lowest BCUT2D eigenvalue weighted by atomic mass is 9.95. The van der Waals surface area contributed by atoms with Gasteiger partial charge in [0.2, 0.25) is 0 Å². The molecule has 1 aliphatic carbocycles. The molecule has 0 atom stereocenters. The van der Waals surface area contributed by atoms with E-state index in [4.69, 9.17) is 21.1 Å². The van der Waals surface area contributed by atoms with Crippen LogP contribution < -0.4 is 14.8 Å². The third-order valence-corrected chi connectivity index (χ3v) is 5.71. The zero-order valence-electron chi connectivity index (χ0n) is 15.8. The van der Waals surface area contributed by atoms with E-state index in [1.165, 1.54) is 37.7 Å². The molecule has 0 radical (unpaired) electrons. The van der Waals surface area contributed by atoms with E-state index in [9.17, 15) is 0 Å². The predicted molar refractivity (Wildman–Crippen MR) is 115 cm³/mol. The van der Waals surface area contributed by atoms with Gasteiger partial charge in [-0.25, -0.2) is 0 Å². The fraction of sp³-hybridized carbons (Fsp3) is 0.455. The van der Waals surface area contributed by atoms with Crippen molar-refractivity contribution in [2.45, 2.75) is 58.2 Å². The molecule has 3 rings (SSSR count). The van der Waals surface area contributed by atoms with Crippen molar-refractivity contribution in [1.82, 2.24) is 5.32 Å². The van der Waals surface area contributed by atoms with Crippen LogP contribution in [0.15, 0.2) is 40.9 Å². The molecule has 2 aromatic carbocycles. The maximum Gasteiger partial charge on any atom is 0.175 e. The maximum absolute atomic E-state index is 6.06. The van der Waals surface area contributed by atoms with Gasteiger partial charge in [-0.15, -0.1) is 0 Å². The fourth-order valence-corrected chi connectivity index (χ4v) is 4.16. The van der Waals surface area contributed by atoms with Gasteiger partial charge in [-0.2, -0.15) is 0 Å². The quantitative estimate of drug-likeness (QED) is 0.495. The van der Waals surface area contributed by atoms with Gasteiger partial charge in [0.1, 0.15) is 6.61 Å². The number of hydrogen-bond donors (Lipinski definition) is 1. The highest BCUT2D eigenvalue weighted by atomic mass is 79.9. The van der Waals surface area contributed by atoms with E-state index in [2.05, 4.69) is 33.4 Å². The Hall–Kier alpha value is -1.23. The fourth-order valence-electron chi connectivity index (χ4n) is 3.43. The van der Waals surface area contributed by atoms with Crippen LogP contribution in [0.3, 0.4) is 0 Å². The second-order valence-corrected chi connectivity index (χ2v) is 8.26. The van der Waals surface area contributed by atoms with Crippen LogP contribution in [0.5, 0.6) is 11.5 Å². The van der Waals surface area contributed by atoms with Gasteiger partial charge in [-0.05, 0) is 71.1 Å². The monoisotopic (exact) mass is 451 g/mol. The van der Waals surface area contributed by atoms with Gasteiger partial charge in [-0.3, -0.25) is 0 Å². The Morgan fingerprint density at radius 3 is 2.48 bits per heavy atom. The summed E-state index contributed by atoms with van der Waals surface area (Å²) in [4.78, 5) is 0. The van der Waals surface area contributed by atoms with Crippen molar-refractivity contribution in [2.75, 3.05) is 6.61 Å². The van der Waals surface area contributed by atoms with Crippen molar-refractivity contribution in [3.63, 3.8) is 0 Å². The van der Waals surface area contributed by atoms with Crippen molar-refractivity contribution in [3.8, 4) is 11.5 Å². The molecule has 27 heavy (non-hydrogen) atoms. The highest BCUT2D eigenvalue weighted by Gasteiger charge is 2.15. The molecular weight excluding hydrogens is 426 g/mol. The summed E-state index contributed by atoms with van der Waals surface area (Å²) in [6, 6.07) is 12.5. The summed E-state index contributed by atoms with van der Waals surface area (Å²) in [7, 11) is 0. The largest absolute Gasteiger partial charge is 0.490 e. The Morgan fingerprint density at radius 1 is 1.04 bits per heavy atom. The molecular formula is C22H27BrClNO2. The topological polar surface area (TPSA) is 30.5 Å². The van der Waals surface area contributed by atoms with Gasteiger partial charge in [0.25, 0.3) is 0 Å². The first-order valence-corrected chi connectivity index (χ1v) is 10.9. The van der Waals surface area contributed by atoms with Crippen molar-refractivity contribution in [1.29, 1.82) is 0 Å². The minimum absolute atomic E-state index is 0.468. The first kappa shape index (κ1) is 20.5. The maximum atomic E-state index is 6.06. The van der Waals surface area contributed by atoms with E-state index in [0.29, 0.717) is 19.3 Å². The van der Waals surface area contributed by atoms with E-state index >= 15 is 0 Å². The molecule has 0 bridgehead atoms. The van der Waals surface area contributed by atoms with E-state index in [-0.39, 0.29) is 0 Å². The molecule has 0 aromatic heterocycles. The van der Waals surface area contributed by atoms with Gasteiger partial charge in [0.05, 0.1) is 11.1 Å². The SMILES string of the molecule is CCOc1cc(CNC2CCCCC2)cc(Br)c1OCc1ccc(Cl)cc1. The van der Waals surface area contributed by atoms with Crippen LogP contribution >= 0.6 is 27.5 Å². The highest BCUT2D eigenvalue weighted by Crippen LogP contribution is 2.37. The second-order valence-electron chi connectivity index (χ2n) is 6.97. The molecule has 5 heteroatoms. The van der Waals surface area contributed by atoms with Gasteiger partial charge in [0.15, 0.2) is 11.5 Å². The summed E-state index contributed by atoms with van der Waals surface area (Å²) in [5.74, 6) is 1.52. The van der Waals surface area contributed by atoms with E-state index in [0.717, 1.165) is 33.1 Å². The smallest absolute Gasteiger partial charge is 0.175 e. The Balaban J connectivity index is 1.68. The Bertz CT molecular complexity index is 730. The molecule has 0 aliphatic heterocycles. The summed E-state index contributed by atoms with van der Waals surface area (Å²) in [5, 5.41) is 4.41. The molecule has 1 N–H and O–H groups in total. The number of rotatable bonds is 8. The Kier molecular flexibility index (Phi) is 7.86. The lowest BCUT2D eigenvalue weighted by Crippen LogP contribution is -2.30. The Labute approximate surface area is 175 Å². The average Bonchev–Trinajstić information content (AvgIpc) is 2.68. The van der Waals surface area contributed by atoms with Gasteiger partial charge in [-0.1, -0.05) is 43.0 Å². The number of benzene rings is 2. The molecule has 146 valence electrons. The van der Waals surface area contributed by atoms with E-state index < -0.39 is 0 Å². The highest BCUT2D eigenvalue weighted by molar-refractivity contribution is 9.10. The standard InChI is InChI=1S/C22H27BrClNO2/c1-2-26-21-13-17(14-25-19-6-4-3-5-7-19)12-20(23)22(21)27-15-16-8-10-18(24)11-9-16/h8-13,19,25H,2-7,14-15H2,1H3. The van der Waals surface area contributed by atoms with Gasteiger partial charge < -0.3 is 14.8 Å². The van der Waals surface area contributed by atoms with Crippen LogP contribution in [0, 0.1) is 0 Å². The van der Waals surface area contributed by atoms with Crippen LogP contribution in [0.25, 0.3) is 0 Å². The zero-order chi connectivity index (χ0) is 19.1. The van der Waals surface area contributed by atoms with Gasteiger partial charge >= 0.3 is 0 Å². The first-order valence-electron chi connectivity index (χ1n) is 9.71. The summed E-state index contributed by atoms with van der Waals surface area (Å²) in [5.41, 5.74) is 2.27. The van der Waals surface area contributed by atoms with E-state index in [1.54, 1.807) is 0 Å². The molecule has 0 amide bonds. The third kappa shape index (κ3) is 6.13. The minimum atomic E-state index is 0.468. The molecule has 1 saturated carbocycles. The minimum Gasteiger partial charge on any atom is -0.490 e. The average molecular weight is 453 g/mol. The zero-order valence-corrected chi connectivity index (χ0v) is 18.1. The van der Waals surface area contributed by atoms with Crippen molar-refractivity contribution < 1.29 is 9.47 Å². The number of nitrogens with one attached hydrogen (secondary N) is 1. The third-order valence-electron chi connectivity index (χ3n) is 4.87. The van der Waals surface area contributed by atoms with Crippen LogP contribution in [0.2, 0.25) is 5.02 Å². The van der Waals surface area contributed by atoms with Crippen molar-refractivity contribution in [3.05, 3.63) is 57.0 Å². The molecule has 1 fully saturated rings. The summed E-state index contributed by atoms with van der Waals surface area (Å²) >= 11 is 9.61. The molecule has 3 nitrogen and oxygen atoms in total. The normalized spacial score (nSPS) is 14.9. The molecule has 0 heterocycles. The molecule has 0 unspecified atom stereocenters. The first-order chi connectivity index (χ1) is 13.2. The Morgan fingerprint density at radius 2 is 1.78 bits per heavy atom. The summed E-state index contributed by atoms with van der Waals surface area (Å²) in [6.45, 7) is 3.91. The summed E-state index contributed by atoms with van der Waals surface area (Å²) in [6.07, 6.45) is 6.60. The van der Waals surface area contributed by atoms with Crippen molar-refractivity contribution in [2.24, 2.45) is 0 Å². The van der Waals surface area contributed by atoms with Crippen LogP contribution in [0.1, 0.15) is 50.2 Å². The van der Waals surface area contributed by atoms with E-state index in [1.807, 2.05) is 31.2 Å². The molecule has 0 spiro atoms.